The van der Waals surface area contributed by atoms with E-state index in [2.05, 4.69) is 21.1 Å². The van der Waals surface area contributed by atoms with E-state index in [1.165, 1.54) is 4.88 Å². The molecule has 0 fully saturated rings. The van der Waals surface area contributed by atoms with Crippen LogP contribution in [-0.2, 0) is 6.54 Å². The van der Waals surface area contributed by atoms with Crippen LogP contribution >= 0.6 is 11.3 Å². The summed E-state index contributed by atoms with van der Waals surface area (Å²) in [5.74, 6) is 0.526. The van der Waals surface area contributed by atoms with Gasteiger partial charge in [0.1, 0.15) is 5.39 Å². The van der Waals surface area contributed by atoms with Gasteiger partial charge in [-0.3, -0.25) is 9.78 Å². The minimum atomic E-state index is -0.185. The Morgan fingerprint density at radius 3 is 2.79 bits per heavy atom. The van der Waals surface area contributed by atoms with Gasteiger partial charge in [-0.05, 0) is 23.6 Å². The lowest BCUT2D eigenvalue weighted by molar-refractivity contribution is 0.859. The molecule has 0 aliphatic carbocycles. The zero-order valence-corrected chi connectivity index (χ0v) is 13.8. The van der Waals surface area contributed by atoms with Crippen LogP contribution in [0.5, 0.6) is 0 Å². The maximum Gasteiger partial charge on any atom is 0.263 e. The van der Waals surface area contributed by atoms with E-state index in [0.29, 0.717) is 23.5 Å². The third-order valence-electron chi connectivity index (χ3n) is 3.76. The molecule has 0 aliphatic heterocycles. The van der Waals surface area contributed by atoms with Crippen molar-refractivity contribution in [3.63, 3.8) is 0 Å². The second-order valence-electron chi connectivity index (χ2n) is 5.45. The van der Waals surface area contributed by atoms with Crippen LogP contribution in [0.25, 0.3) is 16.7 Å². The number of rotatable bonds is 4. The highest BCUT2D eigenvalue weighted by molar-refractivity contribution is 7.09. The number of aromatic amines is 1. The van der Waals surface area contributed by atoms with Crippen LogP contribution in [0.1, 0.15) is 4.88 Å². The fourth-order valence-corrected chi connectivity index (χ4v) is 3.31. The molecule has 3 heterocycles. The predicted octanol–water partition coefficient (Wildman–Crippen LogP) is 2.81. The van der Waals surface area contributed by atoms with Crippen LogP contribution in [0.15, 0.2) is 58.8 Å². The Balaban J connectivity index is 1.79. The molecular formula is C17H15N5OS. The summed E-state index contributed by atoms with van der Waals surface area (Å²) in [4.78, 5) is 23.0. The van der Waals surface area contributed by atoms with Crippen molar-refractivity contribution in [1.29, 1.82) is 0 Å². The zero-order chi connectivity index (χ0) is 16.5. The van der Waals surface area contributed by atoms with Crippen LogP contribution in [0, 0.1) is 0 Å². The van der Waals surface area contributed by atoms with E-state index < -0.39 is 0 Å². The Morgan fingerprint density at radius 1 is 1.21 bits per heavy atom. The van der Waals surface area contributed by atoms with Gasteiger partial charge in [0, 0.05) is 11.9 Å². The number of hydrogen-bond donors (Lipinski definition) is 1. The molecule has 0 aliphatic rings. The molecule has 4 rings (SSSR count). The molecule has 6 nitrogen and oxygen atoms in total. The van der Waals surface area contributed by atoms with E-state index in [0.717, 1.165) is 5.69 Å². The third-order valence-corrected chi connectivity index (χ3v) is 4.62. The Kier molecular flexibility index (Phi) is 3.62. The number of thiophene rings is 1. The average Bonchev–Trinajstić information content (AvgIpc) is 3.25. The van der Waals surface area contributed by atoms with Gasteiger partial charge in [0.25, 0.3) is 5.56 Å². The number of H-pyrrole nitrogens is 1. The number of para-hydroxylation sites is 1. The monoisotopic (exact) mass is 337 g/mol. The Labute approximate surface area is 142 Å². The van der Waals surface area contributed by atoms with Crippen molar-refractivity contribution in [3.8, 4) is 5.69 Å². The first-order valence-corrected chi connectivity index (χ1v) is 8.37. The molecule has 24 heavy (non-hydrogen) atoms. The number of hydrogen-bond acceptors (Lipinski definition) is 5. The molecule has 0 saturated carbocycles. The molecule has 0 saturated heterocycles. The van der Waals surface area contributed by atoms with Gasteiger partial charge >= 0.3 is 0 Å². The first kappa shape index (κ1) is 14.6. The standard InChI is InChI=1S/C17H15N5OS/c1-21(11-13-8-5-9-24-13)17-19-15-14(16(23)20-17)10-18-22(15)12-6-3-2-4-7-12/h2-10H,11H2,1H3,(H,19,20,23). The molecule has 4 aromatic rings. The lowest BCUT2D eigenvalue weighted by Crippen LogP contribution is -2.22. The fraction of sp³-hybridized carbons (Fsp3) is 0.118. The SMILES string of the molecule is CN(Cc1cccs1)c1nc2c(cnn2-c2ccccc2)c(=O)[nH]1. The average molecular weight is 337 g/mol. The topological polar surface area (TPSA) is 66.8 Å². The summed E-state index contributed by atoms with van der Waals surface area (Å²) >= 11 is 1.68. The van der Waals surface area contributed by atoms with Crippen LogP contribution in [-0.4, -0.2) is 26.8 Å². The maximum absolute atomic E-state index is 12.4. The molecule has 120 valence electrons. The Hall–Kier alpha value is -2.93. The number of nitrogens with zero attached hydrogens (tertiary/aromatic N) is 4. The molecule has 1 N–H and O–H groups in total. The number of anilines is 1. The second kappa shape index (κ2) is 5.93. The second-order valence-corrected chi connectivity index (χ2v) is 6.49. The van der Waals surface area contributed by atoms with Gasteiger partial charge in [0.15, 0.2) is 5.65 Å². The molecule has 0 radical (unpaired) electrons. The summed E-state index contributed by atoms with van der Waals surface area (Å²) in [6.45, 7) is 0.686. The zero-order valence-electron chi connectivity index (χ0n) is 13.0. The number of nitrogens with one attached hydrogen (secondary N) is 1. The van der Waals surface area contributed by atoms with Gasteiger partial charge < -0.3 is 4.90 Å². The molecule has 7 heteroatoms. The van der Waals surface area contributed by atoms with Crippen molar-refractivity contribution in [2.45, 2.75) is 6.54 Å². The molecular weight excluding hydrogens is 322 g/mol. The Morgan fingerprint density at radius 2 is 2.04 bits per heavy atom. The molecule has 0 unspecified atom stereocenters. The normalized spacial score (nSPS) is 11.0. The molecule has 3 aromatic heterocycles. The van der Waals surface area contributed by atoms with Crippen LogP contribution < -0.4 is 10.5 Å². The largest absolute Gasteiger partial charge is 0.340 e. The van der Waals surface area contributed by atoms with Gasteiger partial charge in [0.05, 0.1) is 18.4 Å². The lowest BCUT2D eigenvalue weighted by Gasteiger charge is -2.16. The van der Waals surface area contributed by atoms with Gasteiger partial charge in [0.2, 0.25) is 5.95 Å². The van der Waals surface area contributed by atoms with Crippen molar-refractivity contribution in [1.82, 2.24) is 19.7 Å². The number of benzene rings is 1. The van der Waals surface area contributed by atoms with Crippen molar-refractivity contribution < 1.29 is 0 Å². The quantitative estimate of drug-likeness (QED) is 0.622. The van der Waals surface area contributed by atoms with Crippen molar-refractivity contribution >= 4 is 28.3 Å². The van der Waals surface area contributed by atoms with Crippen molar-refractivity contribution in [3.05, 3.63) is 69.3 Å². The first-order chi connectivity index (χ1) is 11.7. The van der Waals surface area contributed by atoms with E-state index >= 15 is 0 Å². The third kappa shape index (κ3) is 2.59. The first-order valence-electron chi connectivity index (χ1n) is 7.49. The summed E-state index contributed by atoms with van der Waals surface area (Å²) in [6, 6.07) is 13.7. The number of aromatic nitrogens is 4. The lowest BCUT2D eigenvalue weighted by atomic mass is 10.3. The van der Waals surface area contributed by atoms with E-state index in [9.17, 15) is 4.79 Å². The highest BCUT2D eigenvalue weighted by Gasteiger charge is 2.13. The summed E-state index contributed by atoms with van der Waals surface area (Å²) in [5, 5.41) is 6.83. The summed E-state index contributed by atoms with van der Waals surface area (Å²) < 4.78 is 1.69. The molecule has 0 amide bonds. The Bertz CT molecular complexity index is 1020. The summed E-state index contributed by atoms with van der Waals surface area (Å²) in [6.07, 6.45) is 1.55. The van der Waals surface area contributed by atoms with Crippen LogP contribution in [0.4, 0.5) is 5.95 Å². The van der Waals surface area contributed by atoms with Gasteiger partial charge in [-0.2, -0.15) is 10.1 Å². The molecule has 0 spiro atoms. The minimum absolute atomic E-state index is 0.185. The fourth-order valence-electron chi connectivity index (χ4n) is 2.56. The highest BCUT2D eigenvalue weighted by Crippen LogP contribution is 2.18. The van der Waals surface area contributed by atoms with Crippen LogP contribution in [0.2, 0.25) is 0 Å². The van der Waals surface area contributed by atoms with E-state index in [-0.39, 0.29) is 5.56 Å². The van der Waals surface area contributed by atoms with Gasteiger partial charge in [-0.25, -0.2) is 4.68 Å². The predicted molar refractivity (Wildman–Crippen MR) is 95.9 cm³/mol. The maximum atomic E-state index is 12.4. The highest BCUT2D eigenvalue weighted by atomic mass is 32.1. The van der Waals surface area contributed by atoms with Gasteiger partial charge in [-0.15, -0.1) is 11.3 Å². The van der Waals surface area contributed by atoms with Crippen molar-refractivity contribution in [2.24, 2.45) is 0 Å². The van der Waals surface area contributed by atoms with Crippen LogP contribution in [0.3, 0.4) is 0 Å². The van der Waals surface area contributed by atoms with Crippen molar-refractivity contribution in [2.75, 3.05) is 11.9 Å². The molecule has 0 bridgehead atoms. The van der Waals surface area contributed by atoms with E-state index in [1.807, 2.05) is 53.7 Å². The minimum Gasteiger partial charge on any atom is -0.340 e. The smallest absolute Gasteiger partial charge is 0.263 e. The van der Waals surface area contributed by atoms with Gasteiger partial charge in [-0.1, -0.05) is 24.3 Å². The van der Waals surface area contributed by atoms with E-state index in [1.54, 1.807) is 22.2 Å². The molecule has 1 aromatic carbocycles. The van der Waals surface area contributed by atoms with E-state index in [4.69, 9.17) is 0 Å². The summed E-state index contributed by atoms with van der Waals surface area (Å²) in [7, 11) is 1.91. The summed E-state index contributed by atoms with van der Waals surface area (Å²) in [5.41, 5.74) is 1.24. The number of fused-ring (bicyclic) bond motifs is 1. The molecule has 0 atom stereocenters.